The van der Waals surface area contributed by atoms with Crippen LogP contribution in [0.1, 0.15) is 44.4 Å². The topological polar surface area (TPSA) is 24.9 Å². The molecule has 0 aromatic carbocycles. The number of nitrogens with zero attached hydrogens (tertiary/aromatic N) is 1. The molecule has 0 saturated carbocycles. The van der Waals surface area contributed by atoms with Crippen LogP contribution < -0.4 is 5.32 Å². The van der Waals surface area contributed by atoms with E-state index in [1.807, 2.05) is 6.92 Å². The van der Waals surface area contributed by atoms with E-state index in [0.29, 0.717) is 11.5 Å². The molecule has 0 saturated heterocycles. The Kier molecular flexibility index (Phi) is 3.67. The molecule has 1 rings (SSSR count). The van der Waals surface area contributed by atoms with E-state index < -0.39 is 0 Å². The van der Waals surface area contributed by atoms with Crippen LogP contribution in [-0.2, 0) is 0 Å². The summed E-state index contributed by atoms with van der Waals surface area (Å²) in [5.41, 5.74) is 1.50. The predicted molar refractivity (Wildman–Crippen MR) is 62.7 cm³/mol. The van der Waals surface area contributed by atoms with Gasteiger partial charge in [0.2, 0.25) is 0 Å². The highest BCUT2D eigenvalue weighted by Gasteiger charge is 2.13. The summed E-state index contributed by atoms with van der Waals surface area (Å²) in [6.45, 7) is 11.9. The van der Waals surface area contributed by atoms with Gasteiger partial charge < -0.3 is 5.32 Å². The van der Waals surface area contributed by atoms with Gasteiger partial charge in [-0.3, -0.25) is 0 Å². The van der Waals surface area contributed by atoms with E-state index >= 15 is 0 Å². The number of aromatic nitrogens is 1. The summed E-state index contributed by atoms with van der Waals surface area (Å²) in [6, 6.07) is 0.360. The van der Waals surface area contributed by atoms with E-state index in [2.05, 4.69) is 43.4 Å². The fourth-order valence-corrected chi connectivity index (χ4v) is 1.85. The van der Waals surface area contributed by atoms with Crippen molar-refractivity contribution in [2.75, 3.05) is 6.54 Å². The Hall–Kier alpha value is -0.410. The third-order valence-electron chi connectivity index (χ3n) is 2.02. The van der Waals surface area contributed by atoms with Crippen molar-refractivity contribution in [1.29, 1.82) is 0 Å². The normalized spacial score (nSPS) is 14.4. The van der Waals surface area contributed by atoms with Crippen LogP contribution >= 0.6 is 11.3 Å². The summed E-state index contributed by atoms with van der Waals surface area (Å²) < 4.78 is 0. The van der Waals surface area contributed by atoms with Gasteiger partial charge in [-0.1, -0.05) is 20.8 Å². The SMILES string of the molecule is Cc1nc(C(C)NCC(C)(C)C)cs1. The zero-order valence-electron chi connectivity index (χ0n) is 9.72. The van der Waals surface area contributed by atoms with Crippen LogP contribution in [0.25, 0.3) is 0 Å². The smallest absolute Gasteiger partial charge is 0.0898 e. The highest BCUT2D eigenvalue weighted by Crippen LogP contribution is 2.18. The second kappa shape index (κ2) is 4.41. The van der Waals surface area contributed by atoms with E-state index in [1.54, 1.807) is 11.3 Å². The van der Waals surface area contributed by atoms with Crippen molar-refractivity contribution in [3.63, 3.8) is 0 Å². The molecule has 0 amide bonds. The fraction of sp³-hybridized carbons (Fsp3) is 0.727. The lowest BCUT2D eigenvalue weighted by Crippen LogP contribution is -2.29. The molecule has 0 aliphatic rings. The van der Waals surface area contributed by atoms with Crippen LogP contribution in [0.15, 0.2) is 5.38 Å². The molecule has 1 N–H and O–H groups in total. The molecule has 1 aromatic rings. The van der Waals surface area contributed by atoms with E-state index in [1.165, 1.54) is 0 Å². The van der Waals surface area contributed by atoms with Crippen LogP contribution in [0.4, 0.5) is 0 Å². The number of aryl methyl sites for hydroxylation is 1. The molecule has 1 heterocycles. The Morgan fingerprint density at radius 2 is 2.14 bits per heavy atom. The van der Waals surface area contributed by atoms with E-state index in [-0.39, 0.29) is 0 Å². The molecule has 0 aliphatic carbocycles. The van der Waals surface area contributed by atoms with Crippen molar-refractivity contribution in [2.24, 2.45) is 5.41 Å². The highest BCUT2D eigenvalue weighted by atomic mass is 32.1. The van der Waals surface area contributed by atoms with Gasteiger partial charge in [0.25, 0.3) is 0 Å². The summed E-state index contributed by atoms with van der Waals surface area (Å²) in [5, 5.41) is 6.77. The standard InChI is InChI=1S/C11H20N2S/c1-8(12-7-11(3,4)5)10-6-14-9(2)13-10/h6,8,12H,7H2,1-5H3. The number of thiazole rings is 1. The molecule has 0 spiro atoms. The third-order valence-corrected chi connectivity index (χ3v) is 2.81. The number of hydrogen-bond acceptors (Lipinski definition) is 3. The maximum atomic E-state index is 4.47. The minimum absolute atomic E-state index is 0.333. The minimum Gasteiger partial charge on any atom is -0.308 e. The Morgan fingerprint density at radius 1 is 1.50 bits per heavy atom. The van der Waals surface area contributed by atoms with E-state index in [4.69, 9.17) is 0 Å². The molecule has 0 fully saturated rings. The Bertz CT molecular complexity index is 286. The number of hydrogen-bond donors (Lipinski definition) is 1. The van der Waals surface area contributed by atoms with E-state index in [9.17, 15) is 0 Å². The fourth-order valence-electron chi connectivity index (χ4n) is 1.14. The quantitative estimate of drug-likeness (QED) is 0.832. The van der Waals surface area contributed by atoms with Gasteiger partial charge in [-0.2, -0.15) is 0 Å². The first-order valence-electron chi connectivity index (χ1n) is 5.04. The van der Waals surface area contributed by atoms with Crippen LogP contribution in [0.5, 0.6) is 0 Å². The summed E-state index contributed by atoms with van der Waals surface area (Å²) in [7, 11) is 0. The van der Waals surface area contributed by atoms with Gasteiger partial charge >= 0.3 is 0 Å². The van der Waals surface area contributed by atoms with Gasteiger partial charge in [0.1, 0.15) is 0 Å². The molecule has 80 valence electrons. The zero-order valence-corrected chi connectivity index (χ0v) is 10.5. The minimum atomic E-state index is 0.333. The van der Waals surface area contributed by atoms with Gasteiger partial charge in [0.05, 0.1) is 10.7 Å². The van der Waals surface area contributed by atoms with Crippen molar-refractivity contribution in [3.8, 4) is 0 Å². The molecule has 0 bridgehead atoms. The van der Waals surface area contributed by atoms with Crippen molar-refractivity contribution in [2.45, 2.75) is 40.7 Å². The molecular weight excluding hydrogens is 192 g/mol. The van der Waals surface area contributed by atoms with Gasteiger partial charge in [-0.05, 0) is 19.3 Å². The predicted octanol–water partition coefficient (Wildman–Crippen LogP) is 3.15. The summed E-state index contributed by atoms with van der Waals surface area (Å²) in [6.07, 6.45) is 0. The Morgan fingerprint density at radius 3 is 2.57 bits per heavy atom. The molecule has 2 nitrogen and oxygen atoms in total. The largest absolute Gasteiger partial charge is 0.308 e. The summed E-state index contributed by atoms with van der Waals surface area (Å²) in [5.74, 6) is 0. The zero-order chi connectivity index (χ0) is 10.8. The average Bonchev–Trinajstić information content (AvgIpc) is 2.46. The average molecular weight is 212 g/mol. The summed E-state index contributed by atoms with van der Waals surface area (Å²) >= 11 is 1.71. The van der Waals surface area contributed by atoms with Crippen molar-refractivity contribution >= 4 is 11.3 Å². The first kappa shape index (κ1) is 11.7. The molecule has 0 radical (unpaired) electrons. The molecule has 1 atom stereocenters. The third kappa shape index (κ3) is 3.76. The monoisotopic (exact) mass is 212 g/mol. The second-order valence-corrected chi connectivity index (χ2v) is 6.02. The van der Waals surface area contributed by atoms with Gasteiger partial charge in [0, 0.05) is 18.0 Å². The van der Waals surface area contributed by atoms with Crippen LogP contribution in [0, 0.1) is 12.3 Å². The second-order valence-electron chi connectivity index (χ2n) is 4.95. The summed E-state index contributed by atoms with van der Waals surface area (Å²) in [4.78, 5) is 4.47. The lowest BCUT2D eigenvalue weighted by Gasteiger charge is -2.21. The van der Waals surface area contributed by atoms with Crippen LogP contribution in [-0.4, -0.2) is 11.5 Å². The Balaban J connectivity index is 2.47. The number of rotatable bonds is 3. The highest BCUT2D eigenvalue weighted by molar-refractivity contribution is 7.09. The number of nitrogens with one attached hydrogen (secondary N) is 1. The van der Waals surface area contributed by atoms with Crippen molar-refractivity contribution < 1.29 is 0 Å². The van der Waals surface area contributed by atoms with Crippen molar-refractivity contribution in [1.82, 2.24) is 10.3 Å². The van der Waals surface area contributed by atoms with Crippen molar-refractivity contribution in [3.05, 3.63) is 16.1 Å². The van der Waals surface area contributed by atoms with E-state index in [0.717, 1.165) is 17.2 Å². The molecule has 14 heavy (non-hydrogen) atoms. The molecular formula is C11H20N2S. The van der Waals surface area contributed by atoms with Gasteiger partial charge in [-0.25, -0.2) is 4.98 Å². The first-order chi connectivity index (χ1) is 6.38. The first-order valence-corrected chi connectivity index (χ1v) is 5.92. The van der Waals surface area contributed by atoms with Gasteiger partial charge in [0.15, 0.2) is 0 Å². The molecule has 0 aliphatic heterocycles. The van der Waals surface area contributed by atoms with Crippen LogP contribution in [0.2, 0.25) is 0 Å². The Labute approximate surface area is 90.8 Å². The van der Waals surface area contributed by atoms with Gasteiger partial charge in [-0.15, -0.1) is 11.3 Å². The van der Waals surface area contributed by atoms with Crippen LogP contribution in [0.3, 0.4) is 0 Å². The molecule has 1 aromatic heterocycles. The molecule has 1 unspecified atom stereocenters. The maximum absolute atomic E-state index is 4.47. The lowest BCUT2D eigenvalue weighted by atomic mass is 9.96. The maximum Gasteiger partial charge on any atom is 0.0898 e. The lowest BCUT2D eigenvalue weighted by molar-refractivity contribution is 0.358. The molecule has 3 heteroatoms.